The fourth-order valence-electron chi connectivity index (χ4n) is 2.09. The van der Waals surface area contributed by atoms with E-state index in [0.717, 1.165) is 6.42 Å². The monoisotopic (exact) mass is 291 g/mol. The minimum atomic E-state index is -0.243. The maximum Gasteiger partial charge on any atom is 0.293 e. The van der Waals surface area contributed by atoms with Gasteiger partial charge in [-0.15, -0.1) is 0 Å². The Bertz CT molecular complexity index is 611. The summed E-state index contributed by atoms with van der Waals surface area (Å²) in [4.78, 5) is 16.6. The molecule has 1 N–H and O–H groups in total. The van der Waals surface area contributed by atoms with E-state index in [9.17, 15) is 4.79 Å². The minimum Gasteiger partial charge on any atom is -0.363 e. The number of hydrogen-bond donors (Lipinski definition) is 1. The predicted molar refractivity (Wildman–Crippen MR) is 84.6 cm³/mol. The third-order valence-corrected chi connectivity index (χ3v) is 3.80. The molecule has 0 bridgehead atoms. The highest BCUT2D eigenvalue weighted by Crippen LogP contribution is 2.13. The van der Waals surface area contributed by atoms with E-state index in [1.165, 1.54) is 5.56 Å². The Balaban J connectivity index is 2.16. The molecule has 0 aliphatic heterocycles. The van der Waals surface area contributed by atoms with Crippen molar-refractivity contribution in [2.75, 3.05) is 5.32 Å². The number of aromatic nitrogens is 2. The van der Waals surface area contributed by atoms with Crippen molar-refractivity contribution in [2.45, 2.75) is 45.7 Å². The summed E-state index contributed by atoms with van der Waals surface area (Å²) in [5.41, 5.74) is 0.965. The van der Waals surface area contributed by atoms with Gasteiger partial charge in [-0.3, -0.25) is 4.79 Å². The first kappa shape index (κ1) is 14.8. The van der Waals surface area contributed by atoms with Crippen LogP contribution >= 0.6 is 11.3 Å². The lowest BCUT2D eigenvalue weighted by atomic mass is 10.1. The van der Waals surface area contributed by atoms with Crippen LogP contribution in [0.25, 0.3) is 0 Å². The minimum absolute atomic E-state index is 0.0721. The summed E-state index contributed by atoms with van der Waals surface area (Å²) in [7, 11) is 0. The molecule has 0 aromatic carbocycles. The maximum absolute atomic E-state index is 12.4. The predicted octanol–water partition coefficient (Wildman–Crippen LogP) is 3.10. The van der Waals surface area contributed by atoms with E-state index in [1.807, 2.05) is 20.8 Å². The van der Waals surface area contributed by atoms with Crippen LogP contribution in [0.15, 0.2) is 34.0 Å². The lowest BCUT2D eigenvalue weighted by Gasteiger charge is -2.23. The van der Waals surface area contributed by atoms with E-state index in [1.54, 1.807) is 28.3 Å². The molecule has 0 radical (unpaired) electrons. The van der Waals surface area contributed by atoms with Gasteiger partial charge >= 0.3 is 0 Å². The van der Waals surface area contributed by atoms with Crippen molar-refractivity contribution in [1.29, 1.82) is 0 Å². The number of nitrogens with one attached hydrogen (secondary N) is 1. The molecule has 2 aromatic rings. The summed E-state index contributed by atoms with van der Waals surface area (Å²) in [6, 6.07) is 2.27. The van der Waals surface area contributed by atoms with Gasteiger partial charge in [-0.05, 0) is 56.5 Å². The molecule has 0 aliphatic carbocycles. The van der Waals surface area contributed by atoms with Crippen molar-refractivity contribution >= 4 is 17.2 Å². The van der Waals surface area contributed by atoms with Gasteiger partial charge in [0, 0.05) is 24.0 Å². The summed E-state index contributed by atoms with van der Waals surface area (Å²) in [5.74, 6) is 0.421. The number of nitrogens with zero attached hydrogens (tertiary/aromatic N) is 2. The SMILES string of the molecule is CC(Cc1ccsc1)Nc1nccn(C(C)(C)C)c1=O. The molecule has 1 atom stereocenters. The zero-order valence-corrected chi connectivity index (χ0v) is 13.2. The van der Waals surface area contributed by atoms with Gasteiger partial charge in [0.1, 0.15) is 0 Å². The van der Waals surface area contributed by atoms with E-state index in [0.29, 0.717) is 5.82 Å². The molecular formula is C15H21N3OS. The molecule has 108 valence electrons. The Morgan fingerprint density at radius 3 is 2.80 bits per heavy atom. The third-order valence-electron chi connectivity index (χ3n) is 3.07. The molecule has 1 unspecified atom stereocenters. The quantitative estimate of drug-likeness (QED) is 0.941. The van der Waals surface area contributed by atoms with Gasteiger partial charge in [0.15, 0.2) is 5.82 Å². The Hall–Kier alpha value is -1.62. The first-order chi connectivity index (χ1) is 9.38. The molecule has 0 aliphatic rings. The fourth-order valence-corrected chi connectivity index (χ4v) is 2.77. The Morgan fingerprint density at radius 1 is 1.45 bits per heavy atom. The maximum atomic E-state index is 12.4. The second kappa shape index (κ2) is 5.79. The van der Waals surface area contributed by atoms with E-state index in [4.69, 9.17) is 0 Å². The molecular weight excluding hydrogens is 270 g/mol. The molecule has 0 fully saturated rings. The third kappa shape index (κ3) is 3.48. The van der Waals surface area contributed by atoms with Crippen LogP contribution in [-0.2, 0) is 12.0 Å². The van der Waals surface area contributed by atoms with Crippen LogP contribution in [0.4, 0.5) is 5.82 Å². The van der Waals surface area contributed by atoms with Crippen molar-refractivity contribution in [3.63, 3.8) is 0 Å². The molecule has 2 heterocycles. The van der Waals surface area contributed by atoms with Crippen LogP contribution in [0.2, 0.25) is 0 Å². The van der Waals surface area contributed by atoms with Crippen LogP contribution in [0.5, 0.6) is 0 Å². The van der Waals surface area contributed by atoms with Gasteiger partial charge in [0.05, 0.1) is 0 Å². The van der Waals surface area contributed by atoms with Gasteiger partial charge in [0.25, 0.3) is 5.56 Å². The molecule has 2 aromatic heterocycles. The summed E-state index contributed by atoms with van der Waals surface area (Å²) in [5, 5.41) is 7.42. The van der Waals surface area contributed by atoms with Crippen molar-refractivity contribution < 1.29 is 0 Å². The van der Waals surface area contributed by atoms with Crippen LogP contribution in [0.1, 0.15) is 33.3 Å². The Morgan fingerprint density at radius 2 is 2.20 bits per heavy atom. The Kier molecular flexibility index (Phi) is 4.28. The van der Waals surface area contributed by atoms with Crippen LogP contribution in [-0.4, -0.2) is 15.6 Å². The average Bonchev–Trinajstić information content (AvgIpc) is 2.83. The molecule has 0 spiro atoms. The molecule has 2 rings (SSSR count). The van der Waals surface area contributed by atoms with Gasteiger partial charge in [-0.1, -0.05) is 0 Å². The lowest BCUT2D eigenvalue weighted by Crippen LogP contribution is -2.36. The highest BCUT2D eigenvalue weighted by molar-refractivity contribution is 7.07. The second-order valence-corrected chi connectivity index (χ2v) is 6.78. The molecule has 5 heteroatoms. The van der Waals surface area contributed by atoms with Gasteiger partial charge < -0.3 is 9.88 Å². The van der Waals surface area contributed by atoms with E-state index >= 15 is 0 Å². The summed E-state index contributed by atoms with van der Waals surface area (Å²) in [6.45, 7) is 8.08. The highest BCUT2D eigenvalue weighted by atomic mass is 32.1. The molecule has 0 saturated heterocycles. The smallest absolute Gasteiger partial charge is 0.293 e. The summed E-state index contributed by atoms with van der Waals surface area (Å²) in [6.07, 6.45) is 4.29. The van der Waals surface area contributed by atoms with Crippen molar-refractivity contribution in [3.8, 4) is 0 Å². The zero-order chi connectivity index (χ0) is 14.8. The Labute approximate surface area is 123 Å². The summed E-state index contributed by atoms with van der Waals surface area (Å²) >= 11 is 1.69. The van der Waals surface area contributed by atoms with E-state index in [-0.39, 0.29) is 17.1 Å². The molecule has 4 nitrogen and oxygen atoms in total. The second-order valence-electron chi connectivity index (χ2n) is 6.00. The van der Waals surface area contributed by atoms with Gasteiger partial charge in [-0.25, -0.2) is 4.98 Å². The number of anilines is 1. The van der Waals surface area contributed by atoms with Gasteiger partial charge in [-0.2, -0.15) is 11.3 Å². The standard InChI is InChI=1S/C15H21N3OS/c1-11(9-12-5-8-20-10-12)17-13-14(19)18(7-6-16-13)15(2,3)4/h5-8,10-11H,9H2,1-4H3,(H,16,17). The van der Waals surface area contributed by atoms with Crippen LogP contribution in [0, 0.1) is 0 Å². The normalized spacial score (nSPS) is 13.2. The molecule has 0 amide bonds. The number of hydrogen-bond acceptors (Lipinski definition) is 4. The fraction of sp³-hybridized carbons (Fsp3) is 0.467. The van der Waals surface area contributed by atoms with Crippen molar-refractivity contribution in [1.82, 2.24) is 9.55 Å². The topological polar surface area (TPSA) is 46.9 Å². The van der Waals surface area contributed by atoms with Crippen molar-refractivity contribution in [3.05, 3.63) is 45.1 Å². The van der Waals surface area contributed by atoms with Gasteiger partial charge in [0.2, 0.25) is 0 Å². The first-order valence-corrected chi connectivity index (χ1v) is 7.68. The molecule has 0 saturated carbocycles. The highest BCUT2D eigenvalue weighted by Gasteiger charge is 2.17. The summed E-state index contributed by atoms with van der Waals surface area (Å²) < 4.78 is 1.71. The van der Waals surface area contributed by atoms with Crippen molar-refractivity contribution in [2.24, 2.45) is 0 Å². The average molecular weight is 291 g/mol. The van der Waals surface area contributed by atoms with E-state index < -0.39 is 0 Å². The largest absolute Gasteiger partial charge is 0.363 e. The van der Waals surface area contributed by atoms with Crippen LogP contribution in [0.3, 0.4) is 0 Å². The number of thiophene rings is 1. The lowest BCUT2D eigenvalue weighted by molar-refractivity contribution is 0.383. The zero-order valence-electron chi connectivity index (χ0n) is 12.4. The number of rotatable bonds is 4. The molecule has 20 heavy (non-hydrogen) atoms. The first-order valence-electron chi connectivity index (χ1n) is 6.73. The van der Waals surface area contributed by atoms with E-state index in [2.05, 4.69) is 34.1 Å². The van der Waals surface area contributed by atoms with Crippen LogP contribution < -0.4 is 10.9 Å².